The SMILES string of the molecule is COc1ccc2c(c1OC)C(=O)OC2Nc1nc2c(s1)CCCC2. The van der Waals surface area contributed by atoms with Gasteiger partial charge in [0.15, 0.2) is 16.6 Å². The van der Waals surface area contributed by atoms with E-state index >= 15 is 0 Å². The number of fused-ring (bicyclic) bond motifs is 2. The molecule has 0 saturated heterocycles. The molecule has 6 nitrogen and oxygen atoms in total. The lowest BCUT2D eigenvalue weighted by atomic mass is 10.0. The average Bonchev–Trinajstić information content (AvgIpc) is 3.15. The number of nitrogens with one attached hydrogen (secondary N) is 1. The molecule has 1 aromatic carbocycles. The third kappa shape index (κ3) is 2.39. The minimum absolute atomic E-state index is 0.405. The van der Waals surface area contributed by atoms with Gasteiger partial charge in [-0.3, -0.25) is 0 Å². The summed E-state index contributed by atoms with van der Waals surface area (Å²) in [5, 5.41) is 4.04. The van der Waals surface area contributed by atoms with Crippen LogP contribution in [0.1, 0.15) is 45.6 Å². The number of rotatable bonds is 4. The highest BCUT2D eigenvalue weighted by Crippen LogP contribution is 2.42. The normalized spacial score (nSPS) is 18.6. The van der Waals surface area contributed by atoms with Crippen LogP contribution in [-0.2, 0) is 17.6 Å². The van der Waals surface area contributed by atoms with Gasteiger partial charge in [0.1, 0.15) is 5.56 Å². The van der Waals surface area contributed by atoms with Crippen molar-refractivity contribution in [2.24, 2.45) is 0 Å². The molecule has 0 spiro atoms. The van der Waals surface area contributed by atoms with E-state index in [2.05, 4.69) is 10.3 Å². The van der Waals surface area contributed by atoms with Crippen molar-refractivity contribution >= 4 is 22.4 Å². The smallest absolute Gasteiger partial charge is 0.344 e. The van der Waals surface area contributed by atoms with Gasteiger partial charge in [0, 0.05) is 10.4 Å². The molecule has 4 rings (SSSR count). The Labute approximate surface area is 143 Å². The molecule has 0 amide bonds. The second kappa shape index (κ2) is 5.98. The maximum Gasteiger partial charge on any atom is 0.344 e. The molecule has 0 radical (unpaired) electrons. The van der Waals surface area contributed by atoms with Gasteiger partial charge < -0.3 is 19.5 Å². The number of anilines is 1. The molecule has 1 unspecified atom stereocenters. The summed E-state index contributed by atoms with van der Waals surface area (Å²) in [6.07, 6.45) is 3.96. The Morgan fingerprint density at radius 2 is 2.08 bits per heavy atom. The van der Waals surface area contributed by atoms with E-state index in [1.807, 2.05) is 6.07 Å². The molecular weight excluding hydrogens is 328 g/mol. The summed E-state index contributed by atoms with van der Waals surface area (Å²) in [6.45, 7) is 0. The highest BCUT2D eigenvalue weighted by molar-refractivity contribution is 7.15. The standard InChI is InChI=1S/C17H18N2O4S/c1-21-11-8-7-9-13(14(11)22-2)16(20)23-15(9)19-17-18-10-5-3-4-6-12(10)24-17/h7-8,15H,3-6H2,1-2H3,(H,18,19). The minimum Gasteiger partial charge on any atom is -0.493 e. The van der Waals surface area contributed by atoms with E-state index in [1.165, 1.54) is 30.5 Å². The van der Waals surface area contributed by atoms with Crippen molar-refractivity contribution in [3.05, 3.63) is 33.8 Å². The largest absolute Gasteiger partial charge is 0.493 e. The van der Waals surface area contributed by atoms with Crippen LogP contribution in [0.3, 0.4) is 0 Å². The van der Waals surface area contributed by atoms with Gasteiger partial charge in [-0.15, -0.1) is 11.3 Å². The Hall–Kier alpha value is -2.28. The van der Waals surface area contributed by atoms with Gasteiger partial charge in [0.05, 0.1) is 19.9 Å². The van der Waals surface area contributed by atoms with Crippen molar-refractivity contribution in [3.63, 3.8) is 0 Å². The van der Waals surface area contributed by atoms with Crippen LogP contribution in [0, 0.1) is 0 Å². The number of benzene rings is 1. The zero-order valence-corrected chi connectivity index (χ0v) is 14.4. The molecule has 126 valence electrons. The zero-order chi connectivity index (χ0) is 16.7. The molecule has 1 atom stereocenters. The summed E-state index contributed by atoms with van der Waals surface area (Å²) < 4.78 is 16.1. The number of nitrogens with zero attached hydrogens (tertiary/aromatic N) is 1. The third-order valence-electron chi connectivity index (χ3n) is 4.39. The highest BCUT2D eigenvalue weighted by Gasteiger charge is 2.36. The molecule has 7 heteroatoms. The first-order valence-electron chi connectivity index (χ1n) is 7.92. The van der Waals surface area contributed by atoms with Gasteiger partial charge in [0.2, 0.25) is 6.23 Å². The number of carbonyl (C=O) groups is 1. The van der Waals surface area contributed by atoms with Crippen molar-refractivity contribution < 1.29 is 19.0 Å². The fourth-order valence-electron chi connectivity index (χ4n) is 3.23. The van der Waals surface area contributed by atoms with Crippen LogP contribution in [0.2, 0.25) is 0 Å². The second-order valence-corrected chi connectivity index (χ2v) is 6.87. The van der Waals surface area contributed by atoms with Gasteiger partial charge in [-0.25, -0.2) is 9.78 Å². The lowest BCUT2D eigenvalue weighted by Gasteiger charge is -2.13. The molecule has 1 aliphatic carbocycles. The van der Waals surface area contributed by atoms with Gasteiger partial charge in [-0.05, 0) is 37.8 Å². The van der Waals surface area contributed by atoms with Crippen molar-refractivity contribution in [2.45, 2.75) is 31.9 Å². The van der Waals surface area contributed by atoms with Crippen molar-refractivity contribution in [1.29, 1.82) is 0 Å². The number of hydrogen-bond donors (Lipinski definition) is 1. The number of thiazole rings is 1. The Balaban J connectivity index is 1.65. The fraction of sp³-hybridized carbons (Fsp3) is 0.412. The van der Waals surface area contributed by atoms with Crippen LogP contribution in [0.15, 0.2) is 12.1 Å². The summed E-state index contributed by atoms with van der Waals surface area (Å²) >= 11 is 1.65. The maximum atomic E-state index is 12.3. The molecule has 2 heterocycles. The van der Waals surface area contributed by atoms with E-state index < -0.39 is 12.2 Å². The monoisotopic (exact) mass is 346 g/mol. The zero-order valence-electron chi connectivity index (χ0n) is 13.5. The van der Waals surface area contributed by atoms with Crippen LogP contribution < -0.4 is 14.8 Å². The van der Waals surface area contributed by atoms with Crippen LogP contribution >= 0.6 is 11.3 Å². The van der Waals surface area contributed by atoms with Crippen LogP contribution in [0.4, 0.5) is 5.13 Å². The molecule has 24 heavy (non-hydrogen) atoms. The lowest BCUT2D eigenvalue weighted by molar-refractivity contribution is 0.0435. The van der Waals surface area contributed by atoms with Crippen LogP contribution in [0.25, 0.3) is 0 Å². The minimum atomic E-state index is -0.556. The van der Waals surface area contributed by atoms with E-state index in [1.54, 1.807) is 24.5 Å². The summed E-state index contributed by atoms with van der Waals surface area (Å²) in [6, 6.07) is 3.61. The molecule has 2 aliphatic rings. The molecule has 0 bridgehead atoms. The first kappa shape index (κ1) is 15.3. The number of ether oxygens (including phenoxy) is 3. The Morgan fingerprint density at radius 3 is 2.83 bits per heavy atom. The van der Waals surface area contributed by atoms with E-state index in [4.69, 9.17) is 14.2 Å². The van der Waals surface area contributed by atoms with Crippen molar-refractivity contribution in [1.82, 2.24) is 4.98 Å². The quantitative estimate of drug-likeness (QED) is 0.857. The first-order valence-corrected chi connectivity index (χ1v) is 8.74. The van der Waals surface area contributed by atoms with E-state index in [-0.39, 0.29) is 0 Å². The van der Waals surface area contributed by atoms with Crippen molar-refractivity contribution in [2.75, 3.05) is 19.5 Å². The van der Waals surface area contributed by atoms with E-state index in [0.717, 1.165) is 23.5 Å². The first-order chi connectivity index (χ1) is 11.7. The Kier molecular flexibility index (Phi) is 3.80. The van der Waals surface area contributed by atoms with E-state index in [9.17, 15) is 4.79 Å². The number of esters is 1. The topological polar surface area (TPSA) is 69.7 Å². The van der Waals surface area contributed by atoms with Crippen LogP contribution in [-0.4, -0.2) is 25.2 Å². The molecular formula is C17H18N2O4S. The number of hydrogen-bond acceptors (Lipinski definition) is 7. The molecule has 1 N–H and O–H groups in total. The van der Waals surface area contributed by atoms with Gasteiger partial charge >= 0.3 is 5.97 Å². The number of aryl methyl sites for hydroxylation is 2. The van der Waals surface area contributed by atoms with Crippen LogP contribution in [0.5, 0.6) is 11.5 Å². The summed E-state index contributed by atoms with van der Waals surface area (Å²) in [4.78, 5) is 18.3. The third-order valence-corrected chi connectivity index (χ3v) is 5.48. The van der Waals surface area contributed by atoms with Crippen molar-refractivity contribution in [3.8, 4) is 11.5 Å². The van der Waals surface area contributed by atoms with Gasteiger partial charge in [-0.1, -0.05) is 0 Å². The molecule has 0 saturated carbocycles. The summed E-state index contributed by atoms with van der Waals surface area (Å²) in [5.74, 6) is 0.501. The Morgan fingerprint density at radius 1 is 1.25 bits per heavy atom. The summed E-state index contributed by atoms with van der Waals surface area (Å²) in [7, 11) is 3.06. The number of methoxy groups -OCH3 is 2. The molecule has 1 aliphatic heterocycles. The highest BCUT2D eigenvalue weighted by atomic mass is 32.1. The number of carbonyl (C=O) groups excluding carboxylic acids is 1. The summed E-state index contributed by atoms with van der Waals surface area (Å²) in [5.41, 5.74) is 2.33. The number of cyclic esters (lactones) is 1. The fourth-order valence-corrected chi connectivity index (χ4v) is 4.30. The average molecular weight is 346 g/mol. The van der Waals surface area contributed by atoms with Gasteiger partial charge in [0.25, 0.3) is 0 Å². The molecule has 2 aromatic rings. The van der Waals surface area contributed by atoms with Gasteiger partial charge in [-0.2, -0.15) is 0 Å². The predicted molar refractivity (Wildman–Crippen MR) is 90.1 cm³/mol. The second-order valence-electron chi connectivity index (χ2n) is 5.79. The molecule has 0 fully saturated rings. The predicted octanol–water partition coefficient (Wildman–Crippen LogP) is 3.32. The maximum absolute atomic E-state index is 12.3. The Bertz CT molecular complexity index is 779. The van der Waals surface area contributed by atoms with E-state index in [0.29, 0.717) is 17.1 Å². The lowest BCUT2D eigenvalue weighted by Crippen LogP contribution is -2.10. The molecule has 1 aromatic heterocycles. The number of aromatic nitrogens is 1.